The Balaban J connectivity index is 2.52. The third kappa shape index (κ3) is 3.75. The van der Waals surface area contributed by atoms with Gasteiger partial charge in [0.25, 0.3) is 5.91 Å². The number of carbonyl (C=O) groups is 2. The van der Waals surface area contributed by atoms with Crippen LogP contribution in [-0.4, -0.2) is 25.5 Å². The number of ether oxygens (including phenoxy) is 1. The zero-order chi connectivity index (χ0) is 12.8. The molecule has 1 rings (SSSR count). The van der Waals surface area contributed by atoms with Crippen molar-refractivity contribution in [3.05, 3.63) is 29.6 Å². The summed E-state index contributed by atoms with van der Waals surface area (Å²) in [6, 6.07) is 3.76. The Morgan fingerprint density at radius 2 is 2.18 bits per heavy atom. The number of anilines is 1. The summed E-state index contributed by atoms with van der Waals surface area (Å²) in [6.07, 6.45) is 0.0691. The summed E-state index contributed by atoms with van der Waals surface area (Å²) in [6.45, 7) is 0.136. The highest BCUT2D eigenvalue weighted by Gasteiger charge is 2.08. The SMILES string of the molecule is COC(=O)CCNC(=O)c1ccc(N)c(F)c1. The molecule has 0 aliphatic heterocycles. The standard InChI is InChI=1S/C11H13FN2O3/c1-17-10(15)4-5-14-11(16)7-2-3-9(13)8(12)6-7/h2-3,6H,4-5,13H2,1H3,(H,14,16). The lowest BCUT2D eigenvalue weighted by atomic mass is 10.2. The van der Waals surface area contributed by atoms with Crippen LogP contribution in [0.4, 0.5) is 10.1 Å². The lowest BCUT2D eigenvalue weighted by molar-refractivity contribution is -0.140. The number of nitrogens with one attached hydrogen (secondary N) is 1. The van der Waals surface area contributed by atoms with E-state index in [1.165, 1.54) is 19.2 Å². The van der Waals surface area contributed by atoms with Crippen molar-refractivity contribution in [2.75, 3.05) is 19.4 Å². The van der Waals surface area contributed by atoms with E-state index in [2.05, 4.69) is 10.1 Å². The minimum Gasteiger partial charge on any atom is -0.469 e. The Kier molecular flexibility index (Phi) is 4.45. The Hall–Kier alpha value is -2.11. The molecule has 0 atom stereocenters. The van der Waals surface area contributed by atoms with Crippen LogP contribution in [0.15, 0.2) is 18.2 Å². The van der Waals surface area contributed by atoms with Crippen molar-refractivity contribution in [1.29, 1.82) is 0 Å². The van der Waals surface area contributed by atoms with Gasteiger partial charge in [0.2, 0.25) is 0 Å². The summed E-state index contributed by atoms with van der Waals surface area (Å²) in [5, 5.41) is 2.46. The number of amides is 1. The number of hydrogen-bond acceptors (Lipinski definition) is 4. The van der Waals surface area contributed by atoms with Crippen LogP contribution in [0.3, 0.4) is 0 Å². The third-order valence-corrected chi connectivity index (χ3v) is 2.10. The van der Waals surface area contributed by atoms with E-state index in [4.69, 9.17) is 5.73 Å². The van der Waals surface area contributed by atoms with Crippen molar-refractivity contribution >= 4 is 17.6 Å². The predicted octanol–water partition coefficient (Wildman–Crippen LogP) is 0.701. The van der Waals surface area contributed by atoms with Gasteiger partial charge in [-0.25, -0.2) is 4.39 Å². The molecular weight excluding hydrogens is 227 g/mol. The summed E-state index contributed by atoms with van der Waals surface area (Å²) in [4.78, 5) is 22.3. The van der Waals surface area contributed by atoms with Crippen LogP contribution in [0.25, 0.3) is 0 Å². The first kappa shape index (κ1) is 13.0. The number of nitrogen functional groups attached to an aromatic ring is 1. The van der Waals surface area contributed by atoms with Gasteiger partial charge >= 0.3 is 5.97 Å². The second-order valence-corrected chi connectivity index (χ2v) is 3.32. The molecule has 5 nitrogen and oxygen atoms in total. The first-order valence-corrected chi connectivity index (χ1v) is 4.94. The zero-order valence-electron chi connectivity index (χ0n) is 9.33. The first-order chi connectivity index (χ1) is 8.04. The topological polar surface area (TPSA) is 81.4 Å². The molecule has 6 heteroatoms. The third-order valence-electron chi connectivity index (χ3n) is 2.10. The molecule has 0 aliphatic rings. The summed E-state index contributed by atoms with van der Waals surface area (Å²) in [5.74, 6) is -1.53. The second kappa shape index (κ2) is 5.83. The summed E-state index contributed by atoms with van der Waals surface area (Å²) in [5.41, 5.74) is 5.42. The van der Waals surface area contributed by atoms with Gasteiger partial charge in [-0.1, -0.05) is 0 Å². The fourth-order valence-electron chi connectivity index (χ4n) is 1.15. The van der Waals surface area contributed by atoms with E-state index < -0.39 is 17.7 Å². The number of esters is 1. The zero-order valence-corrected chi connectivity index (χ0v) is 9.33. The molecule has 0 radical (unpaired) electrons. The molecule has 1 aromatic carbocycles. The van der Waals surface area contributed by atoms with Gasteiger partial charge < -0.3 is 15.8 Å². The van der Waals surface area contributed by atoms with Crippen LogP contribution in [-0.2, 0) is 9.53 Å². The number of hydrogen-bond donors (Lipinski definition) is 2. The quantitative estimate of drug-likeness (QED) is 0.599. The summed E-state index contributed by atoms with van der Waals surface area (Å²) >= 11 is 0. The molecule has 0 saturated heterocycles. The van der Waals surface area contributed by atoms with Gasteiger partial charge in [0.15, 0.2) is 0 Å². The van der Waals surface area contributed by atoms with Crippen molar-refractivity contribution in [2.24, 2.45) is 0 Å². The number of methoxy groups -OCH3 is 1. The average molecular weight is 240 g/mol. The van der Waals surface area contributed by atoms with Crippen LogP contribution in [0.5, 0.6) is 0 Å². The maximum Gasteiger partial charge on any atom is 0.307 e. The highest BCUT2D eigenvalue weighted by Crippen LogP contribution is 2.11. The molecule has 0 saturated carbocycles. The van der Waals surface area contributed by atoms with Crippen molar-refractivity contribution in [1.82, 2.24) is 5.32 Å². The molecule has 0 aliphatic carbocycles. The van der Waals surface area contributed by atoms with Gasteiger partial charge in [-0.2, -0.15) is 0 Å². The second-order valence-electron chi connectivity index (χ2n) is 3.32. The molecule has 0 unspecified atom stereocenters. The molecule has 0 aromatic heterocycles. The molecule has 0 bridgehead atoms. The van der Waals surface area contributed by atoms with E-state index in [1.54, 1.807) is 0 Å². The Morgan fingerprint density at radius 1 is 1.47 bits per heavy atom. The summed E-state index contributed by atoms with van der Waals surface area (Å²) < 4.78 is 17.5. The smallest absolute Gasteiger partial charge is 0.307 e. The van der Waals surface area contributed by atoms with E-state index in [0.717, 1.165) is 6.07 Å². The highest BCUT2D eigenvalue weighted by atomic mass is 19.1. The highest BCUT2D eigenvalue weighted by molar-refractivity contribution is 5.94. The molecule has 0 spiro atoms. The van der Waals surface area contributed by atoms with Crippen LogP contribution in [0.1, 0.15) is 16.8 Å². The Bertz CT molecular complexity index is 435. The number of carbonyl (C=O) groups excluding carboxylic acids is 2. The molecule has 17 heavy (non-hydrogen) atoms. The molecule has 0 heterocycles. The largest absolute Gasteiger partial charge is 0.469 e. The lowest BCUT2D eigenvalue weighted by Crippen LogP contribution is -2.26. The van der Waals surface area contributed by atoms with Gasteiger partial charge in [-0.15, -0.1) is 0 Å². The monoisotopic (exact) mass is 240 g/mol. The molecular formula is C11H13FN2O3. The van der Waals surface area contributed by atoms with Gasteiger partial charge in [0.05, 0.1) is 19.2 Å². The van der Waals surface area contributed by atoms with E-state index in [-0.39, 0.29) is 24.2 Å². The maximum absolute atomic E-state index is 13.1. The van der Waals surface area contributed by atoms with Gasteiger partial charge in [0.1, 0.15) is 5.82 Å². The molecule has 92 valence electrons. The van der Waals surface area contributed by atoms with Crippen LogP contribution < -0.4 is 11.1 Å². The van der Waals surface area contributed by atoms with Crippen LogP contribution in [0.2, 0.25) is 0 Å². The predicted molar refractivity (Wildman–Crippen MR) is 59.8 cm³/mol. The number of rotatable bonds is 4. The Labute approximate surface area is 97.7 Å². The molecule has 1 amide bonds. The minimum absolute atomic E-state index is 0.0175. The van der Waals surface area contributed by atoms with Gasteiger partial charge in [-0.3, -0.25) is 9.59 Å². The first-order valence-electron chi connectivity index (χ1n) is 4.94. The number of nitrogens with two attached hydrogens (primary N) is 1. The van der Waals surface area contributed by atoms with Crippen molar-refractivity contribution in [2.45, 2.75) is 6.42 Å². The van der Waals surface area contributed by atoms with Gasteiger partial charge in [-0.05, 0) is 18.2 Å². The van der Waals surface area contributed by atoms with Crippen molar-refractivity contribution < 1.29 is 18.7 Å². The van der Waals surface area contributed by atoms with Crippen LogP contribution >= 0.6 is 0 Å². The van der Waals surface area contributed by atoms with E-state index in [1.807, 2.05) is 0 Å². The Morgan fingerprint density at radius 3 is 2.76 bits per heavy atom. The summed E-state index contributed by atoms with van der Waals surface area (Å²) in [7, 11) is 1.26. The van der Waals surface area contributed by atoms with E-state index in [0.29, 0.717) is 0 Å². The fraction of sp³-hybridized carbons (Fsp3) is 0.273. The van der Waals surface area contributed by atoms with Crippen LogP contribution in [0, 0.1) is 5.82 Å². The average Bonchev–Trinajstić information content (AvgIpc) is 2.32. The lowest BCUT2D eigenvalue weighted by Gasteiger charge is -2.05. The van der Waals surface area contributed by atoms with E-state index >= 15 is 0 Å². The number of halogens is 1. The normalized spacial score (nSPS) is 9.76. The van der Waals surface area contributed by atoms with Gasteiger partial charge in [0, 0.05) is 12.1 Å². The van der Waals surface area contributed by atoms with Crippen molar-refractivity contribution in [3.8, 4) is 0 Å². The minimum atomic E-state index is -0.648. The van der Waals surface area contributed by atoms with E-state index in [9.17, 15) is 14.0 Å². The molecule has 0 fully saturated rings. The van der Waals surface area contributed by atoms with Crippen molar-refractivity contribution in [3.63, 3.8) is 0 Å². The number of benzene rings is 1. The fourth-order valence-corrected chi connectivity index (χ4v) is 1.15. The maximum atomic E-state index is 13.1. The molecule has 3 N–H and O–H groups in total. The molecule has 1 aromatic rings.